The van der Waals surface area contributed by atoms with Crippen molar-refractivity contribution in [2.75, 3.05) is 26.3 Å². The topological polar surface area (TPSA) is 33.3 Å². The fourth-order valence-electron chi connectivity index (χ4n) is 2.46. The van der Waals surface area contributed by atoms with E-state index in [1.807, 2.05) is 0 Å². The van der Waals surface area contributed by atoms with Gasteiger partial charge in [-0.05, 0) is 24.8 Å². The van der Waals surface area contributed by atoms with Crippen LogP contribution in [-0.2, 0) is 4.74 Å². The van der Waals surface area contributed by atoms with E-state index < -0.39 is 0 Å². The molecular formula is C13H26N2O. The van der Waals surface area contributed by atoms with Crippen LogP contribution >= 0.6 is 0 Å². The Morgan fingerprint density at radius 3 is 2.62 bits per heavy atom. The van der Waals surface area contributed by atoms with Crippen molar-refractivity contribution in [1.29, 1.82) is 0 Å². The Balaban J connectivity index is 1.68. The van der Waals surface area contributed by atoms with Gasteiger partial charge in [0.15, 0.2) is 0 Å². The molecule has 1 heterocycles. The van der Waals surface area contributed by atoms with Gasteiger partial charge in [0.2, 0.25) is 0 Å². The Labute approximate surface area is 99.3 Å². The molecule has 2 rings (SSSR count). The molecule has 0 amide bonds. The monoisotopic (exact) mass is 226 g/mol. The molecule has 1 saturated heterocycles. The van der Waals surface area contributed by atoms with Crippen molar-refractivity contribution in [2.45, 2.75) is 45.7 Å². The van der Waals surface area contributed by atoms with Gasteiger partial charge in [-0.2, -0.15) is 0 Å². The average molecular weight is 226 g/mol. The smallest absolute Gasteiger partial charge is 0.0623 e. The Kier molecular flexibility index (Phi) is 3.88. The van der Waals surface area contributed by atoms with Gasteiger partial charge in [0.1, 0.15) is 0 Å². The van der Waals surface area contributed by atoms with Crippen LogP contribution in [0.2, 0.25) is 0 Å². The van der Waals surface area contributed by atoms with Gasteiger partial charge < -0.3 is 15.4 Å². The molecule has 94 valence electrons. The molecule has 1 aliphatic heterocycles. The summed E-state index contributed by atoms with van der Waals surface area (Å²) in [5.41, 5.74) is 0.534. The van der Waals surface area contributed by atoms with E-state index in [-0.39, 0.29) is 0 Å². The van der Waals surface area contributed by atoms with Crippen molar-refractivity contribution < 1.29 is 4.74 Å². The first-order valence-electron chi connectivity index (χ1n) is 6.68. The highest BCUT2D eigenvalue weighted by Gasteiger charge is 2.45. The number of rotatable bonds is 6. The maximum absolute atomic E-state index is 5.57. The first kappa shape index (κ1) is 12.3. The van der Waals surface area contributed by atoms with Crippen molar-refractivity contribution in [3.63, 3.8) is 0 Å². The van der Waals surface area contributed by atoms with Crippen LogP contribution in [0.1, 0.15) is 33.6 Å². The van der Waals surface area contributed by atoms with Gasteiger partial charge in [0.05, 0.1) is 13.2 Å². The van der Waals surface area contributed by atoms with Gasteiger partial charge in [0.25, 0.3) is 0 Å². The van der Waals surface area contributed by atoms with Gasteiger partial charge in [-0.1, -0.05) is 20.8 Å². The molecule has 2 fully saturated rings. The molecule has 3 nitrogen and oxygen atoms in total. The van der Waals surface area contributed by atoms with E-state index in [1.54, 1.807) is 0 Å². The molecule has 2 aliphatic rings. The summed E-state index contributed by atoms with van der Waals surface area (Å²) in [7, 11) is 0. The van der Waals surface area contributed by atoms with Crippen molar-refractivity contribution >= 4 is 0 Å². The number of ether oxygens (including phenoxy) is 1. The molecule has 3 atom stereocenters. The van der Waals surface area contributed by atoms with Crippen molar-refractivity contribution in [1.82, 2.24) is 10.6 Å². The summed E-state index contributed by atoms with van der Waals surface area (Å²) in [5.74, 6) is 0.656. The number of hydrogen-bond acceptors (Lipinski definition) is 3. The van der Waals surface area contributed by atoms with Crippen LogP contribution < -0.4 is 10.6 Å². The minimum absolute atomic E-state index is 0.534. The summed E-state index contributed by atoms with van der Waals surface area (Å²) in [6.45, 7) is 10.9. The van der Waals surface area contributed by atoms with Crippen LogP contribution in [0, 0.1) is 11.3 Å². The lowest BCUT2D eigenvalue weighted by atomic mass is 10.0. The standard InChI is InChI=1S/C13H26N2O/c1-4-5-14-11-9-16-8-10(11)7-15-12-6-13(12,2)3/h10-12,14-15H,4-9H2,1-3H3. The SMILES string of the molecule is CCCNC1COCC1CNC1CC1(C)C. The minimum Gasteiger partial charge on any atom is -0.379 e. The van der Waals surface area contributed by atoms with E-state index in [1.165, 1.54) is 12.8 Å². The second kappa shape index (κ2) is 5.03. The number of nitrogens with one attached hydrogen (secondary N) is 2. The van der Waals surface area contributed by atoms with Gasteiger partial charge >= 0.3 is 0 Å². The van der Waals surface area contributed by atoms with Gasteiger partial charge in [0, 0.05) is 24.5 Å². The second-order valence-corrected chi connectivity index (χ2v) is 6.01. The van der Waals surface area contributed by atoms with Crippen molar-refractivity contribution in [3.8, 4) is 0 Å². The molecule has 3 unspecified atom stereocenters. The highest BCUT2D eigenvalue weighted by Crippen LogP contribution is 2.44. The summed E-state index contributed by atoms with van der Waals surface area (Å²) >= 11 is 0. The molecule has 0 aromatic carbocycles. The predicted molar refractivity (Wildman–Crippen MR) is 66.6 cm³/mol. The minimum atomic E-state index is 0.534. The van der Waals surface area contributed by atoms with Crippen LogP contribution in [0.15, 0.2) is 0 Å². The van der Waals surface area contributed by atoms with Crippen LogP contribution in [0.25, 0.3) is 0 Å². The molecule has 0 radical (unpaired) electrons. The Bertz CT molecular complexity index is 230. The Hall–Kier alpha value is -0.120. The largest absolute Gasteiger partial charge is 0.379 e. The zero-order valence-electron chi connectivity index (χ0n) is 10.9. The maximum atomic E-state index is 5.57. The highest BCUT2D eigenvalue weighted by molar-refractivity contribution is 5.02. The van der Waals surface area contributed by atoms with E-state index in [0.29, 0.717) is 17.4 Å². The molecule has 0 aromatic rings. The summed E-state index contributed by atoms with van der Waals surface area (Å²) in [6, 6.07) is 1.30. The zero-order valence-corrected chi connectivity index (χ0v) is 10.9. The molecule has 1 aliphatic carbocycles. The van der Waals surface area contributed by atoms with Crippen LogP contribution in [0.5, 0.6) is 0 Å². The van der Waals surface area contributed by atoms with E-state index in [4.69, 9.17) is 4.74 Å². The average Bonchev–Trinajstić information content (AvgIpc) is 2.67. The van der Waals surface area contributed by atoms with Gasteiger partial charge in [-0.25, -0.2) is 0 Å². The molecule has 2 N–H and O–H groups in total. The summed E-state index contributed by atoms with van der Waals surface area (Å²) < 4.78 is 5.57. The molecule has 0 aromatic heterocycles. The molecule has 3 heteroatoms. The molecule has 16 heavy (non-hydrogen) atoms. The third-order valence-corrected chi connectivity index (χ3v) is 3.99. The van der Waals surface area contributed by atoms with Crippen molar-refractivity contribution in [2.24, 2.45) is 11.3 Å². The number of hydrogen-bond donors (Lipinski definition) is 2. The molecule has 0 spiro atoms. The highest BCUT2D eigenvalue weighted by atomic mass is 16.5. The van der Waals surface area contributed by atoms with E-state index in [9.17, 15) is 0 Å². The Morgan fingerprint density at radius 2 is 2.00 bits per heavy atom. The quantitative estimate of drug-likeness (QED) is 0.718. The maximum Gasteiger partial charge on any atom is 0.0623 e. The molecular weight excluding hydrogens is 200 g/mol. The molecule has 1 saturated carbocycles. The zero-order chi connectivity index (χ0) is 11.6. The fourth-order valence-corrected chi connectivity index (χ4v) is 2.46. The van der Waals surface area contributed by atoms with E-state index in [2.05, 4.69) is 31.4 Å². The van der Waals surface area contributed by atoms with Gasteiger partial charge in [-0.15, -0.1) is 0 Å². The first-order valence-corrected chi connectivity index (χ1v) is 6.68. The van der Waals surface area contributed by atoms with Crippen LogP contribution in [0.3, 0.4) is 0 Å². The van der Waals surface area contributed by atoms with E-state index >= 15 is 0 Å². The predicted octanol–water partition coefficient (Wildman–Crippen LogP) is 1.39. The summed E-state index contributed by atoms with van der Waals surface area (Å²) in [4.78, 5) is 0. The van der Waals surface area contributed by atoms with E-state index in [0.717, 1.165) is 32.3 Å². The molecule has 0 bridgehead atoms. The van der Waals surface area contributed by atoms with Crippen molar-refractivity contribution in [3.05, 3.63) is 0 Å². The Morgan fingerprint density at radius 1 is 1.25 bits per heavy atom. The first-order chi connectivity index (χ1) is 7.63. The lowest BCUT2D eigenvalue weighted by Crippen LogP contribution is -2.41. The normalized spacial score (nSPS) is 36.6. The lowest BCUT2D eigenvalue weighted by Gasteiger charge is -2.19. The van der Waals surface area contributed by atoms with Crippen LogP contribution in [-0.4, -0.2) is 38.4 Å². The third-order valence-electron chi connectivity index (χ3n) is 3.99. The summed E-state index contributed by atoms with van der Waals surface area (Å²) in [5, 5.41) is 7.26. The third kappa shape index (κ3) is 2.96. The van der Waals surface area contributed by atoms with Crippen LogP contribution in [0.4, 0.5) is 0 Å². The fraction of sp³-hybridized carbons (Fsp3) is 1.00. The summed E-state index contributed by atoms with van der Waals surface area (Å²) in [6.07, 6.45) is 2.53. The second-order valence-electron chi connectivity index (χ2n) is 6.01. The lowest BCUT2D eigenvalue weighted by molar-refractivity contribution is 0.182. The van der Waals surface area contributed by atoms with Gasteiger partial charge in [-0.3, -0.25) is 0 Å².